The molecule has 0 amide bonds. The molecule has 0 spiro atoms. The average Bonchev–Trinajstić information content (AvgIpc) is 2.46. The number of hydrogen-bond donors (Lipinski definition) is 0. The summed E-state index contributed by atoms with van der Waals surface area (Å²) in [6, 6.07) is 0. The van der Waals surface area contributed by atoms with E-state index >= 15 is 0 Å². The van der Waals surface area contributed by atoms with E-state index < -0.39 is 36.4 Å². The summed E-state index contributed by atoms with van der Waals surface area (Å²) < 4.78 is 21.6. The van der Waals surface area contributed by atoms with Crippen LogP contribution in [0.3, 0.4) is 0 Å². The van der Waals surface area contributed by atoms with Crippen molar-refractivity contribution in [3.63, 3.8) is 0 Å². The Morgan fingerprint density at radius 2 is 1.75 bits per heavy atom. The van der Waals surface area contributed by atoms with Gasteiger partial charge in [0.2, 0.25) is 6.29 Å². The van der Waals surface area contributed by atoms with Gasteiger partial charge in [-0.2, -0.15) is 0 Å². The summed E-state index contributed by atoms with van der Waals surface area (Å²) in [7, 11) is 0. The van der Waals surface area contributed by atoms with Crippen molar-refractivity contribution in [2.45, 2.75) is 59.0 Å². The summed E-state index contributed by atoms with van der Waals surface area (Å²) in [6.07, 6.45) is 1.46. The summed E-state index contributed by atoms with van der Waals surface area (Å²) in [5, 5.41) is 0. The Morgan fingerprint density at radius 3 is 2.33 bits per heavy atom. The minimum atomic E-state index is -1.00. The smallest absolute Gasteiger partial charge is 0.305 e. The second-order valence-corrected chi connectivity index (χ2v) is 6.35. The Balaban J connectivity index is 2.26. The van der Waals surface area contributed by atoms with Gasteiger partial charge in [-0.25, -0.2) is 0 Å². The SMILES string of the molecule is CC(=O)OC[C@H]1OC(OC(C)=O)[C@H](OC(C)=O)[C@@H]2CC(C)=CC[C@@H]21. The molecule has 0 saturated carbocycles. The van der Waals surface area contributed by atoms with Gasteiger partial charge in [0, 0.05) is 26.7 Å². The second-order valence-electron chi connectivity index (χ2n) is 6.35. The largest absolute Gasteiger partial charge is 0.463 e. The summed E-state index contributed by atoms with van der Waals surface area (Å²) in [4.78, 5) is 34.0. The lowest BCUT2D eigenvalue weighted by Gasteiger charge is -2.47. The maximum atomic E-state index is 11.5. The molecule has 1 unspecified atom stereocenters. The van der Waals surface area contributed by atoms with Crippen LogP contribution in [0.5, 0.6) is 0 Å². The van der Waals surface area contributed by atoms with Crippen LogP contribution in [0.15, 0.2) is 11.6 Å². The van der Waals surface area contributed by atoms with E-state index in [-0.39, 0.29) is 18.4 Å². The van der Waals surface area contributed by atoms with Gasteiger partial charge in [-0.1, -0.05) is 11.6 Å². The highest BCUT2D eigenvalue weighted by molar-refractivity contribution is 5.67. The number of rotatable bonds is 4. The molecular formula is C17H24O7. The maximum Gasteiger partial charge on any atom is 0.305 e. The third-order valence-electron chi connectivity index (χ3n) is 4.36. The number of carbonyl (C=O) groups excluding carboxylic acids is 3. The van der Waals surface area contributed by atoms with Crippen molar-refractivity contribution in [3.8, 4) is 0 Å². The van der Waals surface area contributed by atoms with Crippen LogP contribution < -0.4 is 0 Å². The molecule has 1 aliphatic heterocycles. The van der Waals surface area contributed by atoms with Crippen LogP contribution in [0, 0.1) is 11.8 Å². The first kappa shape index (κ1) is 18.4. The molecule has 1 heterocycles. The Kier molecular flexibility index (Phi) is 5.99. The van der Waals surface area contributed by atoms with Gasteiger partial charge in [0.05, 0.1) is 6.10 Å². The van der Waals surface area contributed by atoms with Crippen molar-refractivity contribution >= 4 is 17.9 Å². The van der Waals surface area contributed by atoms with Crippen molar-refractivity contribution in [1.29, 1.82) is 0 Å². The van der Waals surface area contributed by atoms with E-state index in [4.69, 9.17) is 18.9 Å². The maximum absolute atomic E-state index is 11.5. The van der Waals surface area contributed by atoms with E-state index in [1.807, 2.05) is 6.92 Å². The minimum absolute atomic E-state index is 0.0178. The van der Waals surface area contributed by atoms with Gasteiger partial charge in [-0.05, 0) is 25.7 Å². The monoisotopic (exact) mass is 340 g/mol. The van der Waals surface area contributed by atoms with Gasteiger partial charge in [0.15, 0.2) is 6.10 Å². The van der Waals surface area contributed by atoms with Crippen molar-refractivity contribution in [3.05, 3.63) is 11.6 Å². The number of esters is 3. The topological polar surface area (TPSA) is 88.1 Å². The van der Waals surface area contributed by atoms with Gasteiger partial charge < -0.3 is 18.9 Å². The summed E-state index contributed by atoms with van der Waals surface area (Å²) in [6.45, 7) is 6.01. The number of fused-ring (bicyclic) bond motifs is 1. The zero-order chi connectivity index (χ0) is 17.9. The molecule has 134 valence electrons. The molecule has 0 radical (unpaired) electrons. The minimum Gasteiger partial charge on any atom is -0.463 e. The number of hydrogen-bond acceptors (Lipinski definition) is 7. The van der Waals surface area contributed by atoms with Crippen LogP contribution in [0.2, 0.25) is 0 Å². The number of carbonyl (C=O) groups is 3. The van der Waals surface area contributed by atoms with E-state index in [0.717, 1.165) is 6.42 Å². The third kappa shape index (κ3) is 4.56. The highest BCUT2D eigenvalue weighted by Crippen LogP contribution is 2.42. The van der Waals surface area contributed by atoms with E-state index in [0.29, 0.717) is 6.42 Å². The molecule has 0 aromatic heterocycles. The molecule has 5 atom stereocenters. The first-order valence-corrected chi connectivity index (χ1v) is 8.06. The number of ether oxygens (including phenoxy) is 4. The molecule has 1 saturated heterocycles. The molecule has 7 nitrogen and oxygen atoms in total. The van der Waals surface area contributed by atoms with E-state index in [1.54, 1.807) is 0 Å². The van der Waals surface area contributed by atoms with Crippen molar-refractivity contribution < 1.29 is 33.3 Å². The zero-order valence-electron chi connectivity index (χ0n) is 14.4. The molecule has 24 heavy (non-hydrogen) atoms. The normalized spacial score (nSPS) is 32.2. The van der Waals surface area contributed by atoms with Gasteiger partial charge in [-0.3, -0.25) is 14.4 Å². The van der Waals surface area contributed by atoms with Gasteiger partial charge >= 0.3 is 17.9 Å². The molecule has 7 heteroatoms. The van der Waals surface area contributed by atoms with Crippen LogP contribution >= 0.6 is 0 Å². The Hall–Kier alpha value is -1.89. The zero-order valence-corrected chi connectivity index (χ0v) is 14.4. The molecule has 0 N–H and O–H groups in total. The second kappa shape index (κ2) is 7.79. The summed E-state index contributed by atoms with van der Waals surface area (Å²) in [5.74, 6) is -1.42. The molecule has 1 fully saturated rings. The molecule has 0 aromatic rings. The lowest BCUT2D eigenvalue weighted by molar-refractivity contribution is -0.276. The molecule has 2 rings (SSSR count). The highest BCUT2D eigenvalue weighted by atomic mass is 16.7. The van der Waals surface area contributed by atoms with Crippen molar-refractivity contribution in [1.82, 2.24) is 0 Å². The predicted molar refractivity (Wildman–Crippen MR) is 82.6 cm³/mol. The van der Waals surface area contributed by atoms with Crippen molar-refractivity contribution in [2.75, 3.05) is 6.61 Å². The Labute approximate surface area is 141 Å². The van der Waals surface area contributed by atoms with Gasteiger partial charge in [-0.15, -0.1) is 0 Å². The highest BCUT2D eigenvalue weighted by Gasteiger charge is 2.49. The molecule has 0 aromatic carbocycles. The first-order chi connectivity index (χ1) is 11.3. The summed E-state index contributed by atoms with van der Waals surface area (Å²) in [5.41, 5.74) is 1.18. The fraction of sp³-hybridized carbons (Fsp3) is 0.706. The Bertz CT molecular complexity index is 539. The van der Waals surface area contributed by atoms with Crippen molar-refractivity contribution in [2.24, 2.45) is 11.8 Å². The first-order valence-electron chi connectivity index (χ1n) is 8.06. The molecule has 0 bridgehead atoms. The predicted octanol–water partition coefficient (Wildman–Crippen LogP) is 1.74. The molecule has 1 aliphatic carbocycles. The van der Waals surface area contributed by atoms with Crippen LogP contribution in [0.4, 0.5) is 0 Å². The number of allylic oxidation sites excluding steroid dienone is 2. The average molecular weight is 340 g/mol. The molecule has 2 aliphatic rings. The molecular weight excluding hydrogens is 316 g/mol. The quantitative estimate of drug-likeness (QED) is 0.437. The van der Waals surface area contributed by atoms with E-state index in [1.165, 1.54) is 26.3 Å². The van der Waals surface area contributed by atoms with E-state index in [9.17, 15) is 14.4 Å². The van der Waals surface area contributed by atoms with E-state index in [2.05, 4.69) is 6.08 Å². The lowest BCUT2D eigenvalue weighted by Crippen LogP contribution is -2.56. The fourth-order valence-electron chi connectivity index (χ4n) is 3.41. The van der Waals surface area contributed by atoms with Gasteiger partial charge in [0.1, 0.15) is 6.61 Å². The van der Waals surface area contributed by atoms with Crippen LogP contribution in [0.25, 0.3) is 0 Å². The van der Waals surface area contributed by atoms with Crippen LogP contribution in [-0.4, -0.2) is 43.0 Å². The lowest BCUT2D eigenvalue weighted by atomic mass is 9.72. The Morgan fingerprint density at radius 1 is 1.08 bits per heavy atom. The third-order valence-corrected chi connectivity index (χ3v) is 4.36. The fourth-order valence-corrected chi connectivity index (χ4v) is 3.41. The van der Waals surface area contributed by atoms with Gasteiger partial charge in [0.25, 0.3) is 0 Å². The summed E-state index contributed by atoms with van der Waals surface area (Å²) >= 11 is 0. The standard InChI is InChI=1S/C17H24O7/c1-9-5-6-13-14(7-9)16(22-11(3)19)17(23-12(4)20)24-15(13)8-21-10(2)18/h5,13-17H,6-8H2,1-4H3/t13-,14+,15+,16+,17?/m0/s1. The van der Waals surface area contributed by atoms with Crippen LogP contribution in [0.1, 0.15) is 40.5 Å². The van der Waals surface area contributed by atoms with Crippen LogP contribution in [-0.2, 0) is 33.3 Å².